The number of ether oxygens (including phenoxy) is 2. The molecular formula is C22H20N4O3S2. The van der Waals surface area contributed by atoms with Crippen LogP contribution in [0.5, 0.6) is 11.5 Å². The number of carbonyl (C=O) groups excluding carboxylic acids is 1. The van der Waals surface area contributed by atoms with Gasteiger partial charge in [0.2, 0.25) is 5.13 Å². The van der Waals surface area contributed by atoms with Crippen LogP contribution in [0, 0.1) is 0 Å². The quantitative estimate of drug-likeness (QED) is 0.307. The predicted octanol–water partition coefficient (Wildman–Crippen LogP) is 5.13. The highest BCUT2D eigenvalue weighted by Crippen LogP contribution is 2.34. The fraction of sp³-hybridized carbons (Fsp3) is 0.182. The number of pyridine rings is 1. The van der Waals surface area contributed by atoms with Gasteiger partial charge in [0.25, 0.3) is 5.91 Å². The van der Waals surface area contributed by atoms with Crippen molar-refractivity contribution in [3.63, 3.8) is 0 Å². The Morgan fingerprint density at radius 2 is 1.94 bits per heavy atom. The van der Waals surface area contributed by atoms with Crippen molar-refractivity contribution in [2.24, 2.45) is 0 Å². The number of thioether (sulfide) groups is 1. The molecule has 4 rings (SSSR count). The van der Waals surface area contributed by atoms with Crippen molar-refractivity contribution < 1.29 is 14.3 Å². The van der Waals surface area contributed by atoms with E-state index in [2.05, 4.69) is 15.5 Å². The van der Waals surface area contributed by atoms with Crippen molar-refractivity contribution in [2.45, 2.75) is 11.3 Å². The van der Waals surface area contributed by atoms with Crippen LogP contribution in [-0.4, -0.2) is 41.1 Å². The lowest BCUT2D eigenvalue weighted by atomic mass is 10.0. The van der Waals surface area contributed by atoms with Crippen LogP contribution < -0.4 is 14.8 Å². The third-order valence-electron chi connectivity index (χ3n) is 4.54. The number of amides is 1. The summed E-state index contributed by atoms with van der Waals surface area (Å²) in [5, 5.41) is 12.3. The summed E-state index contributed by atoms with van der Waals surface area (Å²) in [6, 6.07) is 14.8. The number of fused-ring (bicyclic) bond motifs is 1. The SMILES string of the molecule is CCSc1nnc(NC(=O)c2cc(-c3ccc(OC)cc3OC)nc3ccccc23)s1. The molecule has 0 bridgehead atoms. The number of benzene rings is 2. The van der Waals surface area contributed by atoms with Crippen LogP contribution in [0.2, 0.25) is 0 Å². The highest BCUT2D eigenvalue weighted by molar-refractivity contribution is 8.01. The summed E-state index contributed by atoms with van der Waals surface area (Å²) in [6.45, 7) is 2.04. The highest BCUT2D eigenvalue weighted by Gasteiger charge is 2.18. The second-order valence-electron chi connectivity index (χ2n) is 6.40. The predicted molar refractivity (Wildman–Crippen MR) is 125 cm³/mol. The van der Waals surface area contributed by atoms with E-state index in [1.807, 2.05) is 43.3 Å². The molecule has 0 fully saturated rings. The molecule has 2 heterocycles. The molecule has 1 amide bonds. The first-order valence-electron chi connectivity index (χ1n) is 9.52. The molecule has 0 spiro atoms. The molecule has 1 N–H and O–H groups in total. The van der Waals surface area contributed by atoms with E-state index in [0.29, 0.717) is 33.4 Å². The molecule has 0 saturated carbocycles. The summed E-state index contributed by atoms with van der Waals surface area (Å²) in [7, 11) is 3.19. The molecule has 0 aliphatic rings. The highest BCUT2D eigenvalue weighted by atomic mass is 32.2. The molecule has 7 nitrogen and oxygen atoms in total. The molecule has 31 heavy (non-hydrogen) atoms. The first kappa shape index (κ1) is 21.1. The van der Waals surface area contributed by atoms with Gasteiger partial charge in [-0.15, -0.1) is 10.2 Å². The Balaban J connectivity index is 1.77. The fourth-order valence-corrected chi connectivity index (χ4v) is 4.76. The molecule has 158 valence electrons. The molecule has 0 aliphatic carbocycles. The van der Waals surface area contributed by atoms with Gasteiger partial charge in [-0.05, 0) is 30.0 Å². The Morgan fingerprint density at radius 3 is 2.71 bits per heavy atom. The standard InChI is InChI=1S/C22H20N4O3S2/c1-4-30-22-26-25-21(31-22)24-20(27)16-12-18(23-17-8-6-5-7-14(16)17)15-10-9-13(28-2)11-19(15)29-3/h5-12H,4H2,1-3H3,(H,24,25,27). The summed E-state index contributed by atoms with van der Waals surface area (Å²) in [6.07, 6.45) is 0. The van der Waals surface area contributed by atoms with Gasteiger partial charge >= 0.3 is 0 Å². The van der Waals surface area contributed by atoms with Crippen molar-refractivity contribution in [3.05, 3.63) is 54.1 Å². The van der Waals surface area contributed by atoms with Crippen LogP contribution >= 0.6 is 23.1 Å². The summed E-state index contributed by atoms with van der Waals surface area (Å²) in [5.74, 6) is 1.91. The molecule has 2 aromatic carbocycles. The Kier molecular flexibility index (Phi) is 6.34. The minimum Gasteiger partial charge on any atom is -0.497 e. The first-order chi connectivity index (χ1) is 15.1. The number of rotatable bonds is 7. The number of hydrogen-bond donors (Lipinski definition) is 1. The van der Waals surface area contributed by atoms with Crippen molar-refractivity contribution in [2.75, 3.05) is 25.3 Å². The zero-order valence-corrected chi connectivity index (χ0v) is 18.8. The summed E-state index contributed by atoms with van der Waals surface area (Å²) >= 11 is 2.94. The van der Waals surface area contributed by atoms with E-state index in [0.717, 1.165) is 21.0 Å². The average Bonchev–Trinajstić information content (AvgIpc) is 3.24. The minimum absolute atomic E-state index is 0.267. The van der Waals surface area contributed by atoms with E-state index in [4.69, 9.17) is 14.5 Å². The number of anilines is 1. The minimum atomic E-state index is -0.267. The van der Waals surface area contributed by atoms with Crippen LogP contribution in [0.4, 0.5) is 5.13 Å². The lowest BCUT2D eigenvalue weighted by Crippen LogP contribution is -2.13. The molecule has 2 aromatic heterocycles. The second kappa shape index (κ2) is 9.32. The van der Waals surface area contributed by atoms with Crippen LogP contribution in [0.25, 0.3) is 22.2 Å². The van der Waals surface area contributed by atoms with Gasteiger partial charge in [0.1, 0.15) is 11.5 Å². The molecule has 0 atom stereocenters. The number of nitrogens with zero attached hydrogens (tertiary/aromatic N) is 3. The number of hydrogen-bond acceptors (Lipinski definition) is 8. The largest absolute Gasteiger partial charge is 0.497 e. The molecule has 0 aliphatic heterocycles. The van der Waals surface area contributed by atoms with E-state index in [1.165, 1.54) is 11.3 Å². The molecular weight excluding hydrogens is 432 g/mol. The van der Waals surface area contributed by atoms with Crippen molar-refractivity contribution >= 4 is 45.0 Å². The number of aromatic nitrogens is 3. The molecule has 0 saturated heterocycles. The van der Waals surface area contributed by atoms with E-state index in [1.54, 1.807) is 38.1 Å². The van der Waals surface area contributed by atoms with E-state index in [9.17, 15) is 4.79 Å². The molecule has 0 unspecified atom stereocenters. The lowest BCUT2D eigenvalue weighted by molar-refractivity contribution is 0.102. The van der Waals surface area contributed by atoms with Crippen molar-refractivity contribution in [3.8, 4) is 22.8 Å². The van der Waals surface area contributed by atoms with Crippen LogP contribution in [0.3, 0.4) is 0 Å². The summed E-state index contributed by atoms with van der Waals surface area (Å²) in [4.78, 5) is 17.9. The summed E-state index contributed by atoms with van der Waals surface area (Å²) in [5.41, 5.74) is 2.60. The van der Waals surface area contributed by atoms with Gasteiger partial charge in [-0.3, -0.25) is 10.1 Å². The van der Waals surface area contributed by atoms with Gasteiger partial charge in [0.05, 0.1) is 31.0 Å². The van der Waals surface area contributed by atoms with E-state index < -0.39 is 0 Å². The number of para-hydroxylation sites is 1. The van der Waals surface area contributed by atoms with Gasteiger partial charge in [-0.1, -0.05) is 48.2 Å². The Morgan fingerprint density at radius 1 is 1.10 bits per heavy atom. The van der Waals surface area contributed by atoms with Crippen LogP contribution in [0.15, 0.2) is 52.9 Å². The van der Waals surface area contributed by atoms with Crippen molar-refractivity contribution in [1.82, 2.24) is 15.2 Å². The maximum absolute atomic E-state index is 13.2. The molecule has 0 radical (unpaired) electrons. The number of carbonyl (C=O) groups is 1. The Labute approximate surface area is 187 Å². The van der Waals surface area contributed by atoms with Gasteiger partial charge in [0, 0.05) is 17.0 Å². The normalized spacial score (nSPS) is 10.8. The van der Waals surface area contributed by atoms with Crippen molar-refractivity contribution in [1.29, 1.82) is 0 Å². The van der Waals surface area contributed by atoms with Gasteiger partial charge in [-0.25, -0.2) is 4.98 Å². The second-order valence-corrected chi connectivity index (χ2v) is 8.89. The topological polar surface area (TPSA) is 86.2 Å². The van der Waals surface area contributed by atoms with E-state index >= 15 is 0 Å². The molecule has 4 aromatic rings. The zero-order chi connectivity index (χ0) is 21.8. The third kappa shape index (κ3) is 4.47. The number of methoxy groups -OCH3 is 2. The maximum atomic E-state index is 13.2. The fourth-order valence-electron chi connectivity index (χ4n) is 3.12. The number of nitrogens with one attached hydrogen (secondary N) is 1. The maximum Gasteiger partial charge on any atom is 0.258 e. The third-order valence-corrected chi connectivity index (χ3v) is 6.39. The van der Waals surface area contributed by atoms with Gasteiger partial charge < -0.3 is 9.47 Å². The molecule has 9 heteroatoms. The summed E-state index contributed by atoms with van der Waals surface area (Å²) < 4.78 is 11.6. The van der Waals surface area contributed by atoms with E-state index in [-0.39, 0.29) is 5.91 Å². The van der Waals surface area contributed by atoms with Crippen LogP contribution in [-0.2, 0) is 0 Å². The Bertz CT molecular complexity index is 1240. The van der Waals surface area contributed by atoms with Gasteiger partial charge in [0.15, 0.2) is 4.34 Å². The monoisotopic (exact) mass is 452 g/mol. The van der Waals surface area contributed by atoms with Gasteiger partial charge in [-0.2, -0.15) is 0 Å². The Hall–Kier alpha value is -3.17. The zero-order valence-electron chi connectivity index (χ0n) is 17.2. The smallest absolute Gasteiger partial charge is 0.258 e. The first-order valence-corrected chi connectivity index (χ1v) is 11.3. The lowest BCUT2D eigenvalue weighted by Gasteiger charge is -2.13. The average molecular weight is 453 g/mol. The van der Waals surface area contributed by atoms with Crippen LogP contribution in [0.1, 0.15) is 17.3 Å².